The number of hydrogen-bond donors (Lipinski definition) is 0. The van der Waals surface area contributed by atoms with Crippen LogP contribution in [0.1, 0.15) is 26.2 Å². The molecule has 0 aromatic heterocycles. The minimum Gasteiger partial charge on any atom is -0.350 e. The van der Waals surface area contributed by atoms with E-state index in [1.807, 2.05) is 0 Å². The predicted octanol–water partition coefficient (Wildman–Crippen LogP) is 1.61. The number of hydrogen-bond acceptors (Lipinski definition) is 3. The van der Waals surface area contributed by atoms with E-state index in [4.69, 9.17) is 15.3 Å². The molecule has 3 heteroatoms. The molecule has 0 rings (SSSR count). The molecule has 0 amide bonds. The fraction of sp³-hybridized carbons (Fsp3) is 0.750. The van der Waals surface area contributed by atoms with Crippen LogP contribution in [0.4, 0.5) is 0 Å². The molecule has 0 bridgehead atoms. The monoisotopic (exact) mass is 152 g/mol. The van der Waals surface area contributed by atoms with E-state index in [0.29, 0.717) is 6.61 Å². The lowest BCUT2D eigenvalue weighted by Gasteiger charge is -2.01. The van der Waals surface area contributed by atoms with Crippen molar-refractivity contribution in [2.75, 3.05) is 6.61 Å². The third-order valence-electron chi connectivity index (χ3n) is 1.27. The van der Waals surface area contributed by atoms with Crippen molar-refractivity contribution in [2.45, 2.75) is 32.3 Å². The standard InChI is InChI=1S/C8H12N2O/c1-2-3-4-5-11-8(6-9)7-10/h8H,2-5H2,1H3. The molecular weight excluding hydrogens is 140 g/mol. The van der Waals surface area contributed by atoms with Gasteiger partial charge >= 0.3 is 0 Å². The van der Waals surface area contributed by atoms with E-state index in [-0.39, 0.29) is 0 Å². The van der Waals surface area contributed by atoms with Gasteiger partial charge in [-0.25, -0.2) is 0 Å². The quantitative estimate of drug-likeness (QED) is 0.562. The Balaban J connectivity index is 3.25. The maximum atomic E-state index is 8.29. The van der Waals surface area contributed by atoms with Crippen molar-refractivity contribution < 1.29 is 4.74 Å². The van der Waals surface area contributed by atoms with Gasteiger partial charge in [-0.05, 0) is 6.42 Å². The smallest absolute Gasteiger partial charge is 0.230 e. The van der Waals surface area contributed by atoms with Crippen LogP contribution in [-0.4, -0.2) is 12.7 Å². The Morgan fingerprint density at radius 1 is 1.27 bits per heavy atom. The predicted molar refractivity (Wildman–Crippen MR) is 40.5 cm³/mol. The molecule has 0 heterocycles. The van der Waals surface area contributed by atoms with Gasteiger partial charge in [0.25, 0.3) is 0 Å². The average Bonchev–Trinajstić information content (AvgIpc) is 2.05. The minimum atomic E-state index is -0.883. The van der Waals surface area contributed by atoms with Gasteiger partial charge < -0.3 is 4.74 Å². The van der Waals surface area contributed by atoms with Gasteiger partial charge in [0.05, 0.1) is 0 Å². The van der Waals surface area contributed by atoms with Crippen LogP contribution in [0.15, 0.2) is 0 Å². The summed E-state index contributed by atoms with van der Waals surface area (Å²) in [5.74, 6) is 0. The molecule has 0 spiro atoms. The number of nitrogens with zero attached hydrogens (tertiary/aromatic N) is 2. The first-order valence-corrected chi connectivity index (χ1v) is 3.76. The summed E-state index contributed by atoms with van der Waals surface area (Å²) >= 11 is 0. The van der Waals surface area contributed by atoms with Gasteiger partial charge in [0.15, 0.2) is 0 Å². The highest BCUT2D eigenvalue weighted by Crippen LogP contribution is 1.96. The van der Waals surface area contributed by atoms with E-state index in [2.05, 4.69) is 6.92 Å². The molecule has 0 aliphatic carbocycles. The normalized spacial score (nSPS) is 9.09. The highest BCUT2D eigenvalue weighted by molar-refractivity contribution is 5.01. The summed E-state index contributed by atoms with van der Waals surface area (Å²) in [6.45, 7) is 2.60. The van der Waals surface area contributed by atoms with E-state index < -0.39 is 6.10 Å². The molecule has 0 saturated carbocycles. The molecule has 0 aromatic rings. The number of ether oxygens (including phenoxy) is 1. The van der Waals surface area contributed by atoms with Crippen molar-refractivity contribution in [3.8, 4) is 12.1 Å². The van der Waals surface area contributed by atoms with Gasteiger partial charge in [-0.3, -0.25) is 0 Å². The second kappa shape index (κ2) is 7.05. The van der Waals surface area contributed by atoms with Crippen molar-refractivity contribution in [3.63, 3.8) is 0 Å². The van der Waals surface area contributed by atoms with E-state index in [1.165, 1.54) is 0 Å². The van der Waals surface area contributed by atoms with Crippen LogP contribution in [0.5, 0.6) is 0 Å². The Morgan fingerprint density at radius 2 is 1.91 bits per heavy atom. The molecule has 0 N–H and O–H groups in total. The molecule has 3 nitrogen and oxygen atoms in total. The summed E-state index contributed by atoms with van der Waals surface area (Å²) in [6.07, 6.45) is 2.25. The molecule has 0 aromatic carbocycles. The number of nitriles is 2. The van der Waals surface area contributed by atoms with E-state index in [0.717, 1.165) is 19.3 Å². The first-order chi connectivity index (χ1) is 5.35. The number of unbranched alkanes of at least 4 members (excludes halogenated alkanes) is 2. The molecule has 0 aliphatic rings. The average molecular weight is 152 g/mol. The van der Waals surface area contributed by atoms with Crippen molar-refractivity contribution in [1.29, 1.82) is 10.5 Å². The highest BCUT2D eigenvalue weighted by atomic mass is 16.5. The Kier molecular flexibility index (Phi) is 6.37. The topological polar surface area (TPSA) is 56.8 Å². The lowest BCUT2D eigenvalue weighted by molar-refractivity contribution is 0.120. The van der Waals surface area contributed by atoms with Crippen LogP contribution in [0, 0.1) is 22.7 Å². The van der Waals surface area contributed by atoms with Crippen LogP contribution < -0.4 is 0 Å². The summed E-state index contributed by atoms with van der Waals surface area (Å²) in [5.41, 5.74) is 0. The summed E-state index contributed by atoms with van der Waals surface area (Å²) in [6, 6.07) is 3.49. The Morgan fingerprint density at radius 3 is 2.36 bits per heavy atom. The third kappa shape index (κ3) is 5.39. The van der Waals surface area contributed by atoms with Gasteiger partial charge in [-0.2, -0.15) is 10.5 Å². The van der Waals surface area contributed by atoms with Gasteiger partial charge in [0.2, 0.25) is 6.10 Å². The second-order valence-electron chi connectivity index (χ2n) is 2.22. The van der Waals surface area contributed by atoms with Crippen LogP contribution in [0.3, 0.4) is 0 Å². The van der Waals surface area contributed by atoms with Gasteiger partial charge in [-0.1, -0.05) is 19.8 Å². The second-order valence-corrected chi connectivity index (χ2v) is 2.22. The maximum Gasteiger partial charge on any atom is 0.230 e. The summed E-state index contributed by atoms with van der Waals surface area (Å²) in [7, 11) is 0. The number of rotatable bonds is 5. The van der Waals surface area contributed by atoms with E-state index >= 15 is 0 Å². The maximum absolute atomic E-state index is 8.29. The van der Waals surface area contributed by atoms with E-state index in [1.54, 1.807) is 12.1 Å². The lowest BCUT2D eigenvalue weighted by atomic mass is 10.3. The zero-order chi connectivity index (χ0) is 8.53. The Labute approximate surface area is 67.2 Å². The van der Waals surface area contributed by atoms with Crippen LogP contribution in [0.25, 0.3) is 0 Å². The van der Waals surface area contributed by atoms with Gasteiger partial charge in [0, 0.05) is 6.61 Å². The molecule has 0 saturated heterocycles. The van der Waals surface area contributed by atoms with Gasteiger partial charge in [0.1, 0.15) is 12.1 Å². The fourth-order valence-electron chi connectivity index (χ4n) is 0.657. The molecule has 11 heavy (non-hydrogen) atoms. The highest BCUT2D eigenvalue weighted by Gasteiger charge is 2.02. The fourth-order valence-corrected chi connectivity index (χ4v) is 0.657. The van der Waals surface area contributed by atoms with Crippen LogP contribution >= 0.6 is 0 Å². The zero-order valence-electron chi connectivity index (χ0n) is 6.71. The Hall–Kier alpha value is -1.06. The summed E-state index contributed by atoms with van der Waals surface area (Å²) in [4.78, 5) is 0. The Bertz CT molecular complexity index is 152. The van der Waals surface area contributed by atoms with Crippen molar-refractivity contribution >= 4 is 0 Å². The molecule has 0 atom stereocenters. The molecule has 60 valence electrons. The zero-order valence-corrected chi connectivity index (χ0v) is 6.71. The first kappa shape index (κ1) is 9.94. The van der Waals surface area contributed by atoms with Crippen molar-refractivity contribution in [3.05, 3.63) is 0 Å². The summed E-state index contributed by atoms with van der Waals surface area (Å²) in [5, 5.41) is 16.6. The van der Waals surface area contributed by atoms with E-state index in [9.17, 15) is 0 Å². The molecule has 0 fully saturated rings. The van der Waals surface area contributed by atoms with Crippen molar-refractivity contribution in [1.82, 2.24) is 0 Å². The molecular formula is C8H12N2O. The largest absolute Gasteiger partial charge is 0.350 e. The van der Waals surface area contributed by atoms with Crippen molar-refractivity contribution in [2.24, 2.45) is 0 Å². The summed E-state index contributed by atoms with van der Waals surface area (Å²) < 4.78 is 4.92. The molecule has 0 radical (unpaired) electrons. The van der Waals surface area contributed by atoms with Crippen LogP contribution in [0.2, 0.25) is 0 Å². The van der Waals surface area contributed by atoms with Gasteiger partial charge in [-0.15, -0.1) is 0 Å². The lowest BCUT2D eigenvalue weighted by Crippen LogP contribution is -2.07. The van der Waals surface area contributed by atoms with Crippen LogP contribution in [-0.2, 0) is 4.74 Å². The molecule has 0 unspecified atom stereocenters. The SMILES string of the molecule is CCCCCOC(C#N)C#N. The third-order valence-corrected chi connectivity index (χ3v) is 1.27. The first-order valence-electron chi connectivity index (χ1n) is 3.76. The molecule has 0 aliphatic heterocycles. The minimum absolute atomic E-state index is 0.514.